The van der Waals surface area contributed by atoms with Crippen LogP contribution in [0.25, 0.3) is 0 Å². The SMILES string of the molecule is Cc1ccc([S+](c2ccc(C)cc2)c2ccc(Sc3ccc([S+](c4ccc(C)cc4)c4ccc(C)cc4)cc3)cc2)cc1.Cc1ccc([S+](c2ccccc2)c2ccc(Sc3ccc([S+](c4ccccc4)c4ccc(C)cc4)cc3)cc2)cc1.c1ccc([S+](c2ccccc2)c2ccc(Sc3ccc([S+](c4ccccc4)c4ccccc4)cc3)cc2)cc1. The summed E-state index contributed by atoms with van der Waals surface area (Å²) >= 11 is 5.47. The molecule has 0 nitrogen and oxygen atoms in total. The molecule has 600 valence electrons. The van der Waals surface area contributed by atoms with Crippen molar-refractivity contribution in [2.24, 2.45) is 0 Å². The smallest absolute Gasteiger partial charge is 0.0901 e. The van der Waals surface area contributed by atoms with Gasteiger partial charge in [0.2, 0.25) is 0 Å². The molecule has 0 saturated carbocycles. The number of hydrogen-bond acceptors (Lipinski definition) is 3. The topological polar surface area (TPSA) is 0 Å². The first kappa shape index (κ1) is 85.7. The monoisotopic (exact) mass is 1750 g/mol. The molecule has 0 spiro atoms. The summed E-state index contributed by atoms with van der Waals surface area (Å²) in [5, 5.41) is 0. The number of aryl methyl sites for hydroxylation is 6. The predicted molar refractivity (Wildman–Crippen MR) is 530 cm³/mol. The molecule has 0 radical (unpaired) electrons. The average molecular weight is 1750 g/mol. The molecular formula is C114H96S9+6. The second kappa shape index (κ2) is 42.5. The van der Waals surface area contributed by atoms with Crippen LogP contribution in [0.4, 0.5) is 0 Å². The van der Waals surface area contributed by atoms with Gasteiger partial charge in [-0.25, -0.2) is 0 Å². The van der Waals surface area contributed by atoms with Gasteiger partial charge < -0.3 is 0 Å². The summed E-state index contributed by atoms with van der Waals surface area (Å²) in [5.41, 5.74) is 7.74. The Hall–Kier alpha value is -10.9. The first-order valence-electron chi connectivity index (χ1n) is 41.2. The molecule has 0 heterocycles. The van der Waals surface area contributed by atoms with Gasteiger partial charge in [0.05, 0.1) is 65.4 Å². The van der Waals surface area contributed by atoms with Crippen molar-refractivity contribution < 1.29 is 0 Å². The van der Waals surface area contributed by atoms with E-state index in [1.165, 1.54) is 151 Å². The summed E-state index contributed by atoms with van der Waals surface area (Å²) in [6.45, 7) is 12.9. The van der Waals surface area contributed by atoms with Crippen molar-refractivity contribution in [3.8, 4) is 0 Å². The predicted octanol–water partition coefficient (Wildman–Crippen LogP) is 31.9. The van der Waals surface area contributed by atoms with Gasteiger partial charge in [0, 0.05) is 29.4 Å². The van der Waals surface area contributed by atoms with Crippen LogP contribution >= 0.6 is 35.3 Å². The van der Waals surface area contributed by atoms with Gasteiger partial charge >= 0.3 is 0 Å². The summed E-state index contributed by atoms with van der Waals surface area (Å²) in [5.74, 6) is 0. The number of benzene rings is 18. The normalized spacial score (nSPS) is 11.7. The third-order valence-electron chi connectivity index (χ3n) is 20.5. The minimum atomic E-state index is -0.142. The zero-order chi connectivity index (χ0) is 84.1. The zero-order valence-electron chi connectivity index (χ0n) is 69.7. The Kier molecular flexibility index (Phi) is 29.6. The van der Waals surface area contributed by atoms with Gasteiger partial charge in [-0.3, -0.25) is 0 Å². The van der Waals surface area contributed by atoms with Crippen LogP contribution in [-0.2, 0) is 65.4 Å². The van der Waals surface area contributed by atoms with E-state index in [9.17, 15) is 0 Å². The Morgan fingerprint density at radius 2 is 0.195 bits per heavy atom. The van der Waals surface area contributed by atoms with Crippen molar-refractivity contribution in [2.75, 3.05) is 0 Å². The highest BCUT2D eigenvalue weighted by Gasteiger charge is 2.35. The fourth-order valence-corrected chi connectivity index (χ4v) is 28.9. The van der Waals surface area contributed by atoms with E-state index < -0.39 is 0 Å². The van der Waals surface area contributed by atoms with Gasteiger partial charge in [-0.05, 0) is 333 Å². The molecule has 0 fully saturated rings. The van der Waals surface area contributed by atoms with Crippen molar-refractivity contribution in [3.63, 3.8) is 0 Å². The molecule has 18 aromatic carbocycles. The Balaban J connectivity index is 0.000000137. The van der Waals surface area contributed by atoms with Crippen LogP contribution in [0.1, 0.15) is 33.4 Å². The minimum absolute atomic E-state index is 0.123. The molecule has 0 saturated heterocycles. The first-order valence-corrected chi connectivity index (χ1v) is 51.0. The molecule has 0 aliphatic rings. The summed E-state index contributed by atoms with van der Waals surface area (Å²) in [7, 11) is -0.795. The van der Waals surface area contributed by atoms with E-state index in [2.05, 4.69) is 515 Å². The lowest BCUT2D eigenvalue weighted by Crippen LogP contribution is -2.05. The van der Waals surface area contributed by atoms with Gasteiger partial charge in [0.15, 0.2) is 88.1 Å². The summed E-state index contributed by atoms with van der Waals surface area (Å²) in [6, 6.07) is 174. The molecule has 2 unspecified atom stereocenters. The molecule has 0 aromatic heterocycles. The Morgan fingerprint density at radius 3 is 0.301 bits per heavy atom. The Bertz CT molecular complexity index is 5720. The van der Waals surface area contributed by atoms with E-state index >= 15 is 0 Å². The van der Waals surface area contributed by atoms with E-state index in [-0.39, 0.29) is 65.4 Å². The van der Waals surface area contributed by atoms with E-state index in [4.69, 9.17) is 0 Å². The van der Waals surface area contributed by atoms with Crippen LogP contribution in [0, 0.1) is 41.5 Å². The van der Waals surface area contributed by atoms with Gasteiger partial charge in [0.1, 0.15) is 0 Å². The van der Waals surface area contributed by atoms with E-state index in [0.29, 0.717) is 0 Å². The quantitative estimate of drug-likeness (QED) is 0.0554. The largest absolute Gasteiger partial charge is 0.166 e. The maximum Gasteiger partial charge on any atom is 0.166 e. The van der Waals surface area contributed by atoms with Crippen LogP contribution in [-0.4, -0.2) is 0 Å². The molecule has 0 aliphatic heterocycles. The molecule has 18 rings (SSSR count). The van der Waals surface area contributed by atoms with E-state index in [0.717, 1.165) is 0 Å². The third-order valence-corrected chi connectivity index (χ3v) is 36.9. The average Bonchev–Trinajstić information content (AvgIpc) is 0.822. The maximum atomic E-state index is 2.31. The lowest BCUT2D eigenvalue weighted by Gasteiger charge is -2.10. The molecule has 18 aromatic rings. The standard InChI is InChI=1S/C40H36S3.C38H32S3.C36H28S3/c1-29-5-17-35(18-6-29)42(36-19-7-30(2)8-20-36)39-25-13-33(14-26-39)41-34-15-27-40(28-16-34)43(37-21-9-31(3)10-22-37)38-23-11-32(4)12-24-38;1-29-13-21-35(22-14-29)40(33-9-5-3-6-10-33)37-25-17-31(18-26-37)39-32-19-27-38(28-20-32)41(34-11-7-4-8-12-34)36-23-15-30(2)16-24-36;1-5-13-31(14-6-1)38(32-15-7-2-8-16-32)35-25-21-29(22-26-35)37-30-23-27-36(28-24-30)39(33-17-9-3-10-18-33)34-19-11-4-12-20-34/h5-28H,1-4H3;3-28H,1-2H3;1-28H/q3*+2. The molecule has 0 amide bonds. The highest BCUT2D eigenvalue weighted by atomic mass is 32.2. The number of rotatable bonds is 24. The lowest BCUT2D eigenvalue weighted by molar-refractivity contribution is 1.26. The number of hydrogen-bond donors (Lipinski definition) is 0. The first-order chi connectivity index (χ1) is 60.4. The van der Waals surface area contributed by atoms with Crippen molar-refractivity contribution in [2.45, 2.75) is 159 Å². The zero-order valence-corrected chi connectivity index (χ0v) is 77.1. The van der Waals surface area contributed by atoms with Crippen LogP contribution in [0.5, 0.6) is 0 Å². The molecule has 123 heavy (non-hydrogen) atoms. The third kappa shape index (κ3) is 22.8. The fourth-order valence-electron chi connectivity index (χ4n) is 14.1. The molecular weight excluding hydrogens is 1660 g/mol. The molecule has 2 atom stereocenters. The molecule has 0 bridgehead atoms. The maximum absolute atomic E-state index is 2.31. The molecule has 0 aliphatic carbocycles. The summed E-state index contributed by atoms with van der Waals surface area (Å²) in [4.78, 5) is 31.7. The van der Waals surface area contributed by atoms with Crippen LogP contribution in [0.2, 0.25) is 0 Å². The molecule has 0 N–H and O–H groups in total. The second-order valence-corrected chi connectivity index (χ2v) is 45.3. The van der Waals surface area contributed by atoms with Crippen LogP contribution < -0.4 is 0 Å². The Labute approximate surface area is 759 Å². The minimum Gasteiger partial charge on any atom is -0.0901 e. The van der Waals surface area contributed by atoms with Gasteiger partial charge in [-0.1, -0.05) is 251 Å². The van der Waals surface area contributed by atoms with Gasteiger partial charge in [0.25, 0.3) is 0 Å². The van der Waals surface area contributed by atoms with Crippen molar-refractivity contribution >= 4 is 101 Å². The highest BCUT2D eigenvalue weighted by molar-refractivity contribution is 8.00. The van der Waals surface area contributed by atoms with E-state index in [1.54, 1.807) is 0 Å². The molecule has 9 heteroatoms. The lowest BCUT2D eigenvalue weighted by atomic mass is 10.2. The van der Waals surface area contributed by atoms with Gasteiger partial charge in [-0.2, -0.15) is 0 Å². The van der Waals surface area contributed by atoms with Crippen molar-refractivity contribution in [1.29, 1.82) is 0 Å². The fraction of sp³-hybridized carbons (Fsp3) is 0.0526. The highest BCUT2D eigenvalue weighted by Crippen LogP contribution is 2.42. The van der Waals surface area contributed by atoms with Crippen LogP contribution in [0.3, 0.4) is 0 Å². The van der Waals surface area contributed by atoms with Gasteiger partial charge in [-0.15, -0.1) is 0 Å². The van der Waals surface area contributed by atoms with Crippen molar-refractivity contribution in [1.82, 2.24) is 0 Å². The van der Waals surface area contributed by atoms with E-state index in [1.807, 2.05) is 35.3 Å². The summed E-state index contributed by atoms with van der Waals surface area (Å²) in [6.07, 6.45) is 0. The summed E-state index contributed by atoms with van der Waals surface area (Å²) < 4.78 is 0. The van der Waals surface area contributed by atoms with Crippen LogP contribution in [0.15, 0.2) is 591 Å². The van der Waals surface area contributed by atoms with Crippen molar-refractivity contribution in [3.05, 3.63) is 507 Å². The Morgan fingerprint density at radius 1 is 0.106 bits per heavy atom. The second-order valence-electron chi connectivity index (χ2n) is 29.7.